The molecule has 7 nitrogen and oxygen atoms in total. The molecule has 148 valence electrons. The van der Waals surface area contributed by atoms with E-state index in [1.807, 2.05) is 47.3 Å². The van der Waals surface area contributed by atoms with Gasteiger partial charge < -0.3 is 9.64 Å². The van der Waals surface area contributed by atoms with E-state index in [1.165, 1.54) is 0 Å². The van der Waals surface area contributed by atoms with E-state index in [9.17, 15) is 0 Å². The summed E-state index contributed by atoms with van der Waals surface area (Å²) >= 11 is 0. The number of aromatic nitrogens is 5. The Morgan fingerprint density at radius 1 is 0.966 bits per heavy atom. The molecule has 2 unspecified atom stereocenters. The van der Waals surface area contributed by atoms with Crippen LogP contribution in [0.25, 0.3) is 27.7 Å². The molecule has 0 bridgehead atoms. The molecule has 29 heavy (non-hydrogen) atoms. The Morgan fingerprint density at radius 3 is 2.55 bits per heavy atom. The summed E-state index contributed by atoms with van der Waals surface area (Å²) in [6, 6.07) is 10.5. The van der Waals surface area contributed by atoms with Crippen molar-refractivity contribution in [3.8, 4) is 16.8 Å². The van der Waals surface area contributed by atoms with Crippen LogP contribution in [0.4, 0.5) is 5.82 Å². The average Bonchev–Trinajstić information content (AvgIpc) is 3.33. The lowest BCUT2D eigenvalue weighted by Crippen LogP contribution is -2.45. The largest absolute Gasteiger partial charge is 0.372 e. The van der Waals surface area contributed by atoms with Crippen molar-refractivity contribution in [2.24, 2.45) is 7.05 Å². The molecule has 1 aromatic carbocycles. The van der Waals surface area contributed by atoms with Crippen molar-refractivity contribution in [1.29, 1.82) is 0 Å². The van der Waals surface area contributed by atoms with E-state index in [4.69, 9.17) is 4.74 Å². The van der Waals surface area contributed by atoms with Gasteiger partial charge in [-0.15, -0.1) is 0 Å². The van der Waals surface area contributed by atoms with Crippen LogP contribution in [0.5, 0.6) is 0 Å². The predicted octanol–water partition coefficient (Wildman–Crippen LogP) is 3.43. The smallest absolute Gasteiger partial charge is 0.130 e. The summed E-state index contributed by atoms with van der Waals surface area (Å²) in [4.78, 5) is 6.89. The van der Waals surface area contributed by atoms with Gasteiger partial charge in [-0.25, -0.2) is 9.67 Å². The van der Waals surface area contributed by atoms with Crippen molar-refractivity contribution in [2.75, 3.05) is 18.0 Å². The Labute approximate surface area is 169 Å². The van der Waals surface area contributed by atoms with Crippen LogP contribution in [-0.4, -0.2) is 49.8 Å². The van der Waals surface area contributed by atoms with Crippen LogP contribution < -0.4 is 4.90 Å². The maximum absolute atomic E-state index is 5.86. The van der Waals surface area contributed by atoms with Gasteiger partial charge in [0.2, 0.25) is 0 Å². The molecule has 1 aliphatic rings. The maximum atomic E-state index is 5.86. The van der Waals surface area contributed by atoms with E-state index in [2.05, 4.69) is 58.2 Å². The molecule has 0 amide bonds. The van der Waals surface area contributed by atoms with Gasteiger partial charge in [0.1, 0.15) is 5.82 Å². The monoisotopic (exact) mass is 388 g/mol. The van der Waals surface area contributed by atoms with Gasteiger partial charge in [-0.05, 0) is 31.5 Å². The highest BCUT2D eigenvalue weighted by molar-refractivity contribution is 5.85. The van der Waals surface area contributed by atoms with E-state index < -0.39 is 0 Å². The summed E-state index contributed by atoms with van der Waals surface area (Å²) in [6.07, 6.45) is 8.05. The highest BCUT2D eigenvalue weighted by atomic mass is 16.5. The summed E-state index contributed by atoms with van der Waals surface area (Å²) in [5.74, 6) is 0.955. The number of pyridine rings is 1. The molecule has 1 aliphatic heterocycles. The Morgan fingerprint density at radius 2 is 1.79 bits per heavy atom. The topological polar surface area (TPSA) is 61.0 Å². The molecular weight excluding hydrogens is 364 g/mol. The first-order valence-electron chi connectivity index (χ1n) is 9.90. The van der Waals surface area contributed by atoms with Crippen molar-refractivity contribution in [1.82, 2.24) is 24.5 Å². The predicted molar refractivity (Wildman–Crippen MR) is 113 cm³/mol. The van der Waals surface area contributed by atoms with Gasteiger partial charge in [-0.3, -0.25) is 4.68 Å². The molecule has 5 rings (SSSR count). The molecule has 1 fully saturated rings. The summed E-state index contributed by atoms with van der Waals surface area (Å²) in [5.41, 5.74) is 4.28. The SMILES string of the molecule is CC1CN(c2cc(-n3ncc4ccc(-c5cnn(C)c5)cc43)ccn2)CC(C)O1. The van der Waals surface area contributed by atoms with Crippen LogP contribution in [0.3, 0.4) is 0 Å². The zero-order valence-corrected chi connectivity index (χ0v) is 16.9. The number of nitrogens with zero attached hydrogens (tertiary/aromatic N) is 6. The summed E-state index contributed by atoms with van der Waals surface area (Å²) in [5, 5.41) is 10.0. The minimum absolute atomic E-state index is 0.191. The van der Waals surface area contributed by atoms with Gasteiger partial charge >= 0.3 is 0 Å². The molecule has 0 spiro atoms. The second-order valence-corrected chi connectivity index (χ2v) is 7.77. The van der Waals surface area contributed by atoms with Crippen molar-refractivity contribution in [3.05, 3.63) is 55.1 Å². The number of ether oxygens (including phenoxy) is 1. The van der Waals surface area contributed by atoms with Crippen LogP contribution in [0.1, 0.15) is 13.8 Å². The third-order valence-electron chi connectivity index (χ3n) is 5.33. The molecule has 4 aromatic rings. The lowest BCUT2D eigenvalue weighted by molar-refractivity contribution is -0.00545. The Bertz CT molecular complexity index is 1150. The van der Waals surface area contributed by atoms with E-state index in [0.717, 1.165) is 46.6 Å². The van der Waals surface area contributed by atoms with E-state index in [0.29, 0.717) is 0 Å². The molecule has 1 saturated heterocycles. The normalized spacial score (nSPS) is 19.8. The zero-order valence-electron chi connectivity index (χ0n) is 16.9. The molecule has 0 aliphatic carbocycles. The third kappa shape index (κ3) is 3.38. The Kier molecular flexibility index (Phi) is 4.32. The fourth-order valence-electron chi connectivity index (χ4n) is 4.05. The summed E-state index contributed by atoms with van der Waals surface area (Å²) in [6.45, 7) is 5.89. The number of hydrogen-bond donors (Lipinski definition) is 0. The van der Waals surface area contributed by atoms with E-state index in [-0.39, 0.29) is 12.2 Å². The first-order valence-corrected chi connectivity index (χ1v) is 9.90. The van der Waals surface area contributed by atoms with Gasteiger partial charge in [0.05, 0.1) is 35.8 Å². The summed E-state index contributed by atoms with van der Waals surface area (Å²) < 4.78 is 9.66. The molecule has 0 saturated carbocycles. The lowest BCUT2D eigenvalue weighted by atomic mass is 10.1. The molecular formula is C22H24N6O. The van der Waals surface area contributed by atoms with Gasteiger partial charge in [0.15, 0.2) is 0 Å². The third-order valence-corrected chi connectivity index (χ3v) is 5.33. The number of morpholine rings is 1. The first kappa shape index (κ1) is 17.9. The molecule has 0 radical (unpaired) electrons. The number of aryl methyl sites for hydroxylation is 1. The number of rotatable bonds is 3. The number of benzene rings is 1. The van der Waals surface area contributed by atoms with Crippen LogP contribution >= 0.6 is 0 Å². The van der Waals surface area contributed by atoms with Gasteiger partial charge in [-0.2, -0.15) is 10.2 Å². The Hall–Kier alpha value is -3.19. The van der Waals surface area contributed by atoms with Crippen LogP contribution in [0.2, 0.25) is 0 Å². The van der Waals surface area contributed by atoms with Gasteiger partial charge in [0, 0.05) is 49.5 Å². The van der Waals surface area contributed by atoms with Crippen LogP contribution in [-0.2, 0) is 11.8 Å². The number of fused-ring (bicyclic) bond motifs is 1. The highest BCUT2D eigenvalue weighted by Gasteiger charge is 2.23. The second-order valence-electron chi connectivity index (χ2n) is 7.77. The van der Waals surface area contributed by atoms with Crippen molar-refractivity contribution in [3.63, 3.8) is 0 Å². The zero-order chi connectivity index (χ0) is 20.0. The number of hydrogen-bond acceptors (Lipinski definition) is 5. The van der Waals surface area contributed by atoms with Crippen molar-refractivity contribution >= 4 is 16.7 Å². The molecule has 0 N–H and O–H groups in total. The summed E-state index contributed by atoms with van der Waals surface area (Å²) in [7, 11) is 1.93. The minimum atomic E-state index is 0.191. The fraction of sp³-hybridized carbons (Fsp3) is 0.318. The van der Waals surface area contributed by atoms with E-state index >= 15 is 0 Å². The minimum Gasteiger partial charge on any atom is -0.372 e. The second kappa shape index (κ2) is 7.00. The quantitative estimate of drug-likeness (QED) is 0.538. The molecule has 3 aromatic heterocycles. The fourth-order valence-corrected chi connectivity index (χ4v) is 4.05. The lowest BCUT2D eigenvalue weighted by Gasteiger charge is -2.36. The highest BCUT2D eigenvalue weighted by Crippen LogP contribution is 2.27. The standard InChI is InChI=1S/C22H24N6O/c1-15-12-27(13-16(2)29-15)22-9-20(6-7-23-22)28-21-8-17(4-5-18(21)10-25-28)19-11-24-26(3)14-19/h4-11,14-16H,12-13H2,1-3H3. The first-order chi connectivity index (χ1) is 14.1. The number of anilines is 1. The maximum Gasteiger partial charge on any atom is 0.130 e. The van der Waals surface area contributed by atoms with Crippen LogP contribution in [0, 0.1) is 0 Å². The molecule has 4 heterocycles. The van der Waals surface area contributed by atoms with E-state index in [1.54, 1.807) is 0 Å². The Balaban J connectivity index is 1.54. The average molecular weight is 388 g/mol. The molecule has 2 atom stereocenters. The van der Waals surface area contributed by atoms with Gasteiger partial charge in [0.25, 0.3) is 0 Å². The van der Waals surface area contributed by atoms with Gasteiger partial charge in [-0.1, -0.05) is 12.1 Å². The van der Waals surface area contributed by atoms with Crippen molar-refractivity contribution in [2.45, 2.75) is 26.1 Å². The molecule has 7 heteroatoms. The van der Waals surface area contributed by atoms with Crippen LogP contribution in [0.15, 0.2) is 55.1 Å². The van der Waals surface area contributed by atoms with Crippen molar-refractivity contribution < 1.29 is 4.74 Å².